The van der Waals surface area contributed by atoms with E-state index in [9.17, 15) is 14.4 Å². The van der Waals surface area contributed by atoms with Crippen molar-refractivity contribution in [1.29, 1.82) is 0 Å². The molecule has 1 aliphatic rings. The molecule has 0 spiro atoms. The molecule has 0 unspecified atom stereocenters. The molecule has 1 aromatic heterocycles. The summed E-state index contributed by atoms with van der Waals surface area (Å²) in [6.45, 7) is -0.417. The lowest BCUT2D eigenvalue weighted by Crippen LogP contribution is -2.33. The average molecular weight is 361 g/mol. The molecule has 0 aliphatic heterocycles. The first kappa shape index (κ1) is 17.2. The Labute approximate surface area is 149 Å². The van der Waals surface area contributed by atoms with Crippen LogP contribution in [0.4, 0.5) is 0 Å². The van der Waals surface area contributed by atoms with Crippen molar-refractivity contribution in [1.82, 2.24) is 10.3 Å². The van der Waals surface area contributed by atoms with Gasteiger partial charge in [-0.3, -0.25) is 9.59 Å². The zero-order valence-electron chi connectivity index (χ0n) is 13.3. The fourth-order valence-electron chi connectivity index (χ4n) is 2.62. The van der Waals surface area contributed by atoms with Crippen LogP contribution in [0, 0.1) is 5.92 Å². The van der Waals surface area contributed by atoms with E-state index in [2.05, 4.69) is 10.3 Å². The van der Waals surface area contributed by atoms with E-state index in [0.29, 0.717) is 5.92 Å². The molecule has 130 valence electrons. The van der Waals surface area contributed by atoms with Crippen LogP contribution >= 0.6 is 11.6 Å². The molecular formula is C18H17ClN2O4. The Balaban J connectivity index is 1.58. The van der Waals surface area contributed by atoms with E-state index in [1.54, 1.807) is 0 Å². The van der Waals surface area contributed by atoms with Gasteiger partial charge in [-0.15, -0.1) is 0 Å². The van der Waals surface area contributed by atoms with Crippen LogP contribution in [0.25, 0.3) is 0 Å². The lowest BCUT2D eigenvalue weighted by molar-refractivity contribution is -0.125. The monoisotopic (exact) mass is 360 g/mol. The number of aromatic nitrogens is 1. The van der Waals surface area contributed by atoms with Gasteiger partial charge in [0.25, 0.3) is 5.91 Å². The number of hydrogen-bond acceptors (Lipinski definition) is 4. The van der Waals surface area contributed by atoms with Crippen LogP contribution in [0.5, 0.6) is 0 Å². The Bertz CT molecular complexity index is 830. The molecule has 0 bridgehead atoms. The van der Waals surface area contributed by atoms with Crippen molar-refractivity contribution in [3.05, 3.63) is 69.1 Å². The number of ether oxygens (including phenoxy) is 1. The number of halogens is 1. The lowest BCUT2D eigenvalue weighted by Gasteiger charge is -2.18. The smallest absolute Gasteiger partial charge is 0.338 e. The Kier molecular flexibility index (Phi) is 5.19. The van der Waals surface area contributed by atoms with E-state index in [4.69, 9.17) is 16.3 Å². The molecule has 25 heavy (non-hydrogen) atoms. The normalized spacial score (nSPS) is 14.6. The van der Waals surface area contributed by atoms with Crippen LogP contribution in [0.2, 0.25) is 5.15 Å². The molecule has 0 saturated heterocycles. The molecule has 2 aromatic rings. The van der Waals surface area contributed by atoms with E-state index in [1.807, 2.05) is 30.3 Å². The van der Waals surface area contributed by atoms with Crippen molar-refractivity contribution >= 4 is 23.5 Å². The van der Waals surface area contributed by atoms with E-state index in [0.717, 1.165) is 24.5 Å². The minimum Gasteiger partial charge on any atom is -0.452 e. The average Bonchev–Trinajstić information content (AvgIpc) is 3.42. The summed E-state index contributed by atoms with van der Waals surface area (Å²) in [5.41, 5.74) is 0.524. The highest BCUT2D eigenvalue weighted by atomic mass is 35.5. The number of amides is 1. The predicted octanol–water partition coefficient (Wildman–Crippen LogP) is 2.45. The molecule has 1 atom stereocenters. The highest BCUT2D eigenvalue weighted by Crippen LogP contribution is 2.40. The maximum atomic E-state index is 12.1. The molecule has 6 nitrogen and oxygen atoms in total. The zero-order chi connectivity index (χ0) is 17.8. The first-order valence-electron chi connectivity index (χ1n) is 7.94. The maximum absolute atomic E-state index is 12.1. The van der Waals surface area contributed by atoms with Gasteiger partial charge >= 0.3 is 5.97 Å². The molecule has 1 amide bonds. The Morgan fingerprint density at radius 1 is 1.24 bits per heavy atom. The summed E-state index contributed by atoms with van der Waals surface area (Å²) in [7, 11) is 0. The van der Waals surface area contributed by atoms with Crippen LogP contribution in [0.1, 0.15) is 34.8 Å². The second kappa shape index (κ2) is 7.53. The molecule has 1 aromatic carbocycles. The van der Waals surface area contributed by atoms with Crippen molar-refractivity contribution in [3.63, 3.8) is 0 Å². The number of esters is 1. The Morgan fingerprint density at radius 2 is 1.96 bits per heavy atom. The molecule has 1 aliphatic carbocycles. The first-order chi connectivity index (χ1) is 12.0. The molecular weight excluding hydrogens is 344 g/mol. The molecule has 1 heterocycles. The molecule has 1 saturated carbocycles. The Hall–Kier alpha value is -2.60. The minimum absolute atomic E-state index is 0.00310. The van der Waals surface area contributed by atoms with Gasteiger partial charge in [0.1, 0.15) is 5.15 Å². The molecule has 0 radical (unpaired) electrons. The maximum Gasteiger partial charge on any atom is 0.338 e. The summed E-state index contributed by atoms with van der Waals surface area (Å²) in [6.07, 6.45) is 2.12. The van der Waals surface area contributed by atoms with E-state index in [-0.39, 0.29) is 22.7 Å². The standard InChI is InChI=1S/C18H17ClN2O4/c19-14-8-13(9-15(22)20-14)18(24)25-10-16(23)21-17(12-6-7-12)11-4-2-1-3-5-11/h1-5,8-9,12,17H,6-7,10H2,(H,20,22)(H,21,23)/t17-/m0/s1. The van der Waals surface area contributed by atoms with Gasteiger partial charge < -0.3 is 15.0 Å². The first-order valence-corrected chi connectivity index (χ1v) is 8.32. The third-order valence-electron chi connectivity index (χ3n) is 3.95. The second-order valence-corrected chi connectivity index (χ2v) is 6.36. The molecule has 7 heteroatoms. The fourth-order valence-corrected chi connectivity index (χ4v) is 2.83. The number of carbonyl (C=O) groups excluding carboxylic acids is 2. The van der Waals surface area contributed by atoms with Crippen molar-refractivity contribution in [2.24, 2.45) is 5.92 Å². The minimum atomic E-state index is -0.772. The predicted molar refractivity (Wildman–Crippen MR) is 92.4 cm³/mol. The largest absolute Gasteiger partial charge is 0.452 e. The SMILES string of the molecule is O=C(COC(=O)c1cc(Cl)[nH]c(=O)c1)N[C@@H](c1ccccc1)C1CC1. The Morgan fingerprint density at radius 3 is 2.60 bits per heavy atom. The van der Waals surface area contributed by atoms with Crippen molar-refractivity contribution < 1.29 is 14.3 Å². The van der Waals surface area contributed by atoms with E-state index >= 15 is 0 Å². The summed E-state index contributed by atoms with van der Waals surface area (Å²) >= 11 is 5.69. The zero-order valence-corrected chi connectivity index (χ0v) is 14.1. The number of aromatic amines is 1. The van der Waals surface area contributed by atoms with Gasteiger partial charge in [0.2, 0.25) is 5.56 Å². The third kappa shape index (κ3) is 4.70. The number of nitrogens with one attached hydrogen (secondary N) is 2. The molecule has 1 fully saturated rings. The summed E-state index contributed by atoms with van der Waals surface area (Å²) in [5.74, 6) is -0.746. The van der Waals surface area contributed by atoms with Crippen molar-refractivity contribution in [2.45, 2.75) is 18.9 Å². The van der Waals surface area contributed by atoms with Crippen LogP contribution < -0.4 is 10.9 Å². The lowest BCUT2D eigenvalue weighted by atomic mass is 10.0. The third-order valence-corrected chi connectivity index (χ3v) is 4.15. The van der Waals surface area contributed by atoms with E-state index < -0.39 is 18.1 Å². The van der Waals surface area contributed by atoms with Gasteiger partial charge in [0.05, 0.1) is 11.6 Å². The van der Waals surface area contributed by atoms with Gasteiger partial charge in [-0.05, 0) is 30.4 Å². The number of carbonyl (C=O) groups is 2. The fraction of sp³-hybridized carbons (Fsp3) is 0.278. The number of hydrogen-bond donors (Lipinski definition) is 2. The molecule has 3 rings (SSSR count). The summed E-state index contributed by atoms with van der Waals surface area (Å²) in [5, 5.41) is 2.94. The van der Waals surface area contributed by atoms with Gasteiger partial charge in [-0.25, -0.2) is 4.79 Å². The van der Waals surface area contributed by atoms with E-state index in [1.165, 1.54) is 6.07 Å². The highest BCUT2D eigenvalue weighted by Gasteiger charge is 2.33. The topological polar surface area (TPSA) is 88.3 Å². The van der Waals surface area contributed by atoms with Gasteiger partial charge in [-0.1, -0.05) is 41.9 Å². The van der Waals surface area contributed by atoms with Gasteiger partial charge in [0.15, 0.2) is 6.61 Å². The molecule has 2 N–H and O–H groups in total. The van der Waals surface area contributed by atoms with Crippen LogP contribution in [-0.4, -0.2) is 23.5 Å². The van der Waals surface area contributed by atoms with Crippen LogP contribution in [0.3, 0.4) is 0 Å². The number of rotatable bonds is 6. The second-order valence-electron chi connectivity index (χ2n) is 5.95. The van der Waals surface area contributed by atoms with Crippen LogP contribution in [0.15, 0.2) is 47.3 Å². The van der Waals surface area contributed by atoms with Crippen LogP contribution in [-0.2, 0) is 9.53 Å². The number of H-pyrrole nitrogens is 1. The van der Waals surface area contributed by atoms with Crippen molar-refractivity contribution in [2.75, 3.05) is 6.61 Å². The van der Waals surface area contributed by atoms with Gasteiger partial charge in [0, 0.05) is 6.07 Å². The van der Waals surface area contributed by atoms with Gasteiger partial charge in [-0.2, -0.15) is 0 Å². The summed E-state index contributed by atoms with van der Waals surface area (Å²) in [4.78, 5) is 37.7. The summed E-state index contributed by atoms with van der Waals surface area (Å²) in [6, 6.07) is 12.0. The quantitative estimate of drug-likeness (QED) is 0.611. The highest BCUT2D eigenvalue weighted by molar-refractivity contribution is 6.29. The van der Waals surface area contributed by atoms with Crippen molar-refractivity contribution in [3.8, 4) is 0 Å². The number of pyridine rings is 1. The number of benzene rings is 1. The summed E-state index contributed by atoms with van der Waals surface area (Å²) < 4.78 is 4.97.